The maximum absolute atomic E-state index is 2.53. The van der Waals surface area contributed by atoms with E-state index < -0.39 is 0 Å². The maximum Gasteiger partial charge on any atom is 0.243 e. The van der Waals surface area contributed by atoms with Crippen LogP contribution in [0.15, 0.2) is 71.4 Å². The molecule has 0 fully saturated rings. The largest absolute Gasteiger partial charge is 0.243 e. The van der Waals surface area contributed by atoms with Crippen molar-refractivity contribution in [3.63, 3.8) is 0 Å². The van der Waals surface area contributed by atoms with Crippen molar-refractivity contribution in [2.24, 2.45) is 0 Å². The van der Waals surface area contributed by atoms with Gasteiger partial charge in [-0.2, -0.15) is 0 Å². The molecule has 6 aromatic rings. The highest BCUT2D eigenvalue weighted by Gasteiger charge is 2.39. The normalized spacial score (nSPS) is 11.3. The lowest BCUT2D eigenvalue weighted by molar-refractivity contribution is 1.33. The Kier molecular flexibility index (Phi) is 9.55. The fourth-order valence-corrected chi connectivity index (χ4v) is 11.0. The summed E-state index contributed by atoms with van der Waals surface area (Å²) in [4.78, 5) is 2.75. The summed E-state index contributed by atoms with van der Waals surface area (Å²) in [6, 6.07) is 23.7. The van der Waals surface area contributed by atoms with Crippen LogP contribution in [0, 0.1) is 83.1 Å². The molecule has 0 saturated carbocycles. The molecule has 0 spiro atoms. The molecule has 4 heteroatoms. The van der Waals surface area contributed by atoms with E-state index in [1.807, 2.05) is 22.7 Å². The summed E-state index contributed by atoms with van der Waals surface area (Å²) in [7, 11) is 0. The Morgan fingerprint density at radius 3 is 1.04 bits per heavy atom. The van der Waals surface area contributed by atoms with Crippen LogP contribution in [0.25, 0.3) is 9.75 Å². The van der Waals surface area contributed by atoms with Gasteiger partial charge in [0.15, 0.2) is 0 Å². The highest BCUT2D eigenvalue weighted by Crippen LogP contribution is 2.29. The summed E-state index contributed by atoms with van der Waals surface area (Å²) in [5.74, 6) is 0. The van der Waals surface area contributed by atoms with Gasteiger partial charge in [0.25, 0.3) is 0 Å². The van der Waals surface area contributed by atoms with Crippen LogP contribution in [0.4, 0.5) is 0 Å². The Morgan fingerprint density at radius 2 is 0.729 bits per heavy atom. The minimum Gasteiger partial charge on any atom is -0.144 e. The Morgan fingerprint density at radius 1 is 0.396 bits per heavy atom. The molecule has 0 bridgehead atoms. The molecule has 0 saturated heterocycles. The van der Waals surface area contributed by atoms with Gasteiger partial charge in [-0.05, 0) is 99.9 Å². The maximum atomic E-state index is 2.53. The fraction of sp³-hybridized carbons (Fsp3) is 0.273. The third-order valence-electron chi connectivity index (χ3n) is 10.3. The zero-order chi connectivity index (χ0) is 34.6. The first-order chi connectivity index (χ1) is 22.8. The first-order valence-electron chi connectivity index (χ1n) is 17.2. The molecule has 2 aromatic heterocycles. The lowest BCUT2D eigenvalue weighted by Gasteiger charge is -2.29. The Labute approximate surface area is 298 Å². The van der Waals surface area contributed by atoms with Gasteiger partial charge in [-0.15, -0.1) is 22.7 Å². The Hall–Kier alpha value is -3.59. The van der Waals surface area contributed by atoms with Gasteiger partial charge in [0, 0.05) is 9.75 Å². The fourth-order valence-electron chi connectivity index (χ4n) is 8.97. The van der Waals surface area contributed by atoms with E-state index in [4.69, 9.17) is 0 Å². The van der Waals surface area contributed by atoms with E-state index >= 15 is 0 Å². The number of hydrogen-bond donors (Lipinski definition) is 0. The van der Waals surface area contributed by atoms with Crippen molar-refractivity contribution in [1.82, 2.24) is 0 Å². The number of hydrogen-bond acceptors (Lipinski definition) is 2. The van der Waals surface area contributed by atoms with Crippen molar-refractivity contribution in [2.45, 2.75) is 83.1 Å². The summed E-state index contributed by atoms with van der Waals surface area (Å²) in [6.07, 6.45) is 0. The van der Waals surface area contributed by atoms with E-state index in [0.717, 1.165) is 0 Å². The van der Waals surface area contributed by atoms with Gasteiger partial charge in [-0.25, -0.2) is 0 Å². The first-order valence-corrected chi connectivity index (χ1v) is 19.0. The topological polar surface area (TPSA) is 0 Å². The molecule has 0 N–H and O–H groups in total. The summed E-state index contributed by atoms with van der Waals surface area (Å²) >= 11 is 3.80. The van der Waals surface area contributed by atoms with Gasteiger partial charge in [0.05, 0.1) is 0 Å². The van der Waals surface area contributed by atoms with Crippen LogP contribution < -0.4 is 32.8 Å². The van der Waals surface area contributed by atoms with Crippen molar-refractivity contribution in [2.75, 3.05) is 0 Å². The van der Waals surface area contributed by atoms with E-state index in [-0.39, 0.29) is 13.4 Å². The van der Waals surface area contributed by atoms with Crippen molar-refractivity contribution in [3.8, 4) is 9.75 Å². The van der Waals surface area contributed by atoms with Gasteiger partial charge < -0.3 is 0 Å². The van der Waals surface area contributed by atoms with Crippen LogP contribution in [0.2, 0.25) is 0 Å². The van der Waals surface area contributed by atoms with Crippen LogP contribution in [-0.4, -0.2) is 13.4 Å². The molecule has 0 radical (unpaired) electrons. The average molecular weight is 663 g/mol. The van der Waals surface area contributed by atoms with Crippen LogP contribution in [-0.2, 0) is 0 Å². The van der Waals surface area contributed by atoms with E-state index in [0.29, 0.717) is 0 Å². The average Bonchev–Trinajstić information content (AvgIpc) is 3.64. The van der Waals surface area contributed by atoms with Gasteiger partial charge in [-0.1, -0.05) is 154 Å². The van der Waals surface area contributed by atoms with Crippen molar-refractivity contribution in [3.05, 3.63) is 138 Å². The second-order valence-corrected chi connectivity index (χ2v) is 16.4. The third kappa shape index (κ3) is 6.19. The third-order valence-corrected chi connectivity index (χ3v) is 12.4. The molecular formula is C44H48B2S2. The van der Waals surface area contributed by atoms with Gasteiger partial charge in [0.1, 0.15) is 0 Å². The second kappa shape index (κ2) is 13.4. The molecule has 2 heterocycles. The second-order valence-electron chi connectivity index (χ2n) is 14.5. The van der Waals surface area contributed by atoms with Crippen molar-refractivity contribution in [1.29, 1.82) is 0 Å². The Balaban J connectivity index is 1.83. The quantitative estimate of drug-likeness (QED) is 0.151. The standard InChI is InChI=1S/C44H48B2S2/c1-25-16-29(5)39(30(6)17-25)45(40-31(7)18-26(2)19-32(40)8)37-24-48-44(38-14-13-15-47-38)43(37)46(41-33(9)20-27(3)21-34(41)10)42-35(11)22-28(4)23-36(42)12/h13-24H,1-12H3. The number of aryl methyl sites for hydroxylation is 12. The van der Waals surface area contributed by atoms with Crippen molar-refractivity contribution < 1.29 is 0 Å². The van der Waals surface area contributed by atoms with Crippen molar-refractivity contribution >= 4 is 68.9 Å². The number of rotatable bonds is 7. The highest BCUT2D eigenvalue weighted by atomic mass is 32.1. The van der Waals surface area contributed by atoms with Gasteiger partial charge in [-0.3, -0.25) is 0 Å². The summed E-state index contributed by atoms with van der Waals surface area (Å²) in [5, 5.41) is 4.76. The molecule has 0 nitrogen and oxygen atoms in total. The SMILES string of the molecule is Cc1cc(C)c(B(c2csc(-c3cccs3)c2B(c2c(C)cc(C)cc2C)c2c(C)cc(C)cc2C)c2c(C)cc(C)cc2C)c(C)c1. The van der Waals surface area contributed by atoms with Crippen LogP contribution in [0.3, 0.4) is 0 Å². The Bertz CT molecular complexity index is 1960. The molecule has 0 amide bonds. The lowest BCUT2D eigenvalue weighted by atomic mass is 9.26. The molecule has 48 heavy (non-hydrogen) atoms. The van der Waals surface area contributed by atoms with Crippen LogP contribution >= 0.6 is 22.7 Å². The molecule has 242 valence electrons. The zero-order valence-corrected chi connectivity index (χ0v) is 32.5. The monoisotopic (exact) mass is 662 g/mol. The zero-order valence-electron chi connectivity index (χ0n) is 30.9. The summed E-state index contributed by atoms with van der Waals surface area (Å²) in [5.41, 5.74) is 24.9. The number of thiophene rings is 2. The van der Waals surface area contributed by atoms with Gasteiger partial charge in [0.2, 0.25) is 13.4 Å². The number of benzene rings is 4. The summed E-state index contributed by atoms with van der Waals surface area (Å²) < 4.78 is 0. The minimum atomic E-state index is 0.0872. The highest BCUT2D eigenvalue weighted by molar-refractivity contribution is 7.24. The molecule has 0 atom stereocenters. The van der Waals surface area contributed by atoms with Crippen LogP contribution in [0.1, 0.15) is 66.8 Å². The lowest BCUT2D eigenvalue weighted by Crippen LogP contribution is -2.66. The molecular weight excluding hydrogens is 614 g/mol. The molecule has 6 rings (SSSR count). The smallest absolute Gasteiger partial charge is 0.144 e. The van der Waals surface area contributed by atoms with Gasteiger partial charge >= 0.3 is 0 Å². The van der Waals surface area contributed by atoms with E-state index in [2.05, 4.69) is 155 Å². The molecule has 0 unspecified atom stereocenters. The first kappa shape index (κ1) is 34.3. The minimum absolute atomic E-state index is 0.0872. The molecule has 0 aliphatic rings. The predicted octanol–water partition coefficient (Wildman–Crippen LogP) is 8.21. The van der Waals surface area contributed by atoms with E-state index in [9.17, 15) is 0 Å². The molecule has 4 aromatic carbocycles. The summed E-state index contributed by atoms with van der Waals surface area (Å²) in [6.45, 7) is 27.7. The predicted molar refractivity (Wildman–Crippen MR) is 220 cm³/mol. The van der Waals surface area contributed by atoms with E-state index in [1.165, 1.54) is 109 Å². The van der Waals surface area contributed by atoms with Crippen LogP contribution in [0.5, 0.6) is 0 Å². The molecule has 0 aliphatic heterocycles. The van der Waals surface area contributed by atoms with E-state index in [1.54, 1.807) is 0 Å². The molecule has 0 aliphatic carbocycles.